The van der Waals surface area contributed by atoms with Gasteiger partial charge in [0.05, 0.1) is 0 Å². The van der Waals surface area contributed by atoms with Crippen LogP contribution in [-0.2, 0) is 0 Å². The summed E-state index contributed by atoms with van der Waals surface area (Å²) >= 11 is 3.30. The predicted octanol–water partition coefficient (Wildman–Crippen LogP) is 3.62. The van der Waals surface area contributed by atoms with E-state index < -0.39 is 0 Å². The zero-order valence-corrected chi connectivity index (χ0v) is 12.4. The number of aliphatic hydroxyl groups excluding tert-OH is 1. The molecule has 1 aromatic rings. The van der Waals surface area contributed by atoms with Crippen molar-refractivity contribution in [2.45, 2.75) is 0 Å². The Labute approximate surface area is 122 Å². The van der Waals surface area contributed by atoms with Crippen LogP contribution in [0.3, 0.4) is 0 Å². The third-order valence-corrected chi connectivity index (χ3v) is 2.56. The van der Waals surface area contributed by atoms with Gasteiger partial charge >= 0.3 is 0 Å². The summed E-state index contributed by atoms with van der Waals surface area (Å²) < 4.78 is 0.747. The van der Waals surface area contributed by atoms with Crippen molar-refractivity contribution in [3.8, 4) is 5.75 Å². The average Bonchev–Trinajstić information content (AvgIpc) is 2.40. The molecule has 0 radical (unpaired) electrons. The molecule has 102 valence electrons. The number of hydrogen-bond donors (Lipinski definition) is 3. The second-order valence-electron chi connectivity index (χ2n) is 3.41. The van der Waals surface area contributed by atoms with Gasteiger partial charge in [0.1, 0.15) is 5.75 Å². The number of halogens is 1. The molecule has 1 aromatic carbocycles. The van der Waals surface area contributed by atoms with Crippen molar-refractivity contribution in [1.29, 1.82) is 0 Å². The molecule has 0 aromatic heterocycles. The van der Waals surface area contributed by atoms with E-state index in [4.69, 9.17) is 10.8 Å². The number of hydrogen-bond acceptors (Lipinski definition) is 3. The van der Waals surface area contributed by atoms with Crippen molar-refractivity contribution < 1.29 is 10.2 Å². The zero-order chi connectivity index (χ0) is 14.8. The van der Waals surface area contributed by atoms with Gasteiger partial charge in [-0.3, -0.25) is 0 Å². The molecule has 3 nitrogen and oxygen atoms in total. The second-order valence-corrected chi connectivity index (χ2v) is 4.37. The third-order valence-electron chi connectivity index (χ3n) is 2.10. The van der Waals surface area contributed by atoms with Gasteiger partial charge in [-0.25, -0.2) is 0 Å². The molecule has 1 rings (SSSR count). The largest absolute Gasteiger partial charge is 0.507 e. The quantitative estimate of drug-likeness (QED) is 0.450. The molecule has 4 N–H and O–H groups in total. The van der Waals surface area contributed by atoms with Crippen LogP contribution in [0.15, 0.2) is 59.6 Å². The fourth-order valence-corrected chi connectivity index (χ4v) is 1.51. The molecule has 0 unspecified atom stereocenters. The molecule has 0 aliphatic heterocycles. The highest BCUT2D eigenvalue weighted by Crippen LogP contribution is 2.23. The molecule has 0 saturated carbocycles. The lowest BCUT2D eigenvalue weighted by Crippen LogP contribution is -1.85. The summed E-state index contributed by atoms with van der Waals surface area (Å²) in [6.45, 7) is 7.42. The Bertz CT molecular complexity index is 505. The van der Waals surface area contributed by atoms with Crippen molar-refractivity contribution in [2.24, 2.45) is 0 Å². The number of allylic oxidation sites excluding steroid dienone is 5. The van der Waals surface area contributed by atoms with Gasteiger partial charge < -0.3 is 15.9 Å². The summed E-state index contributed by atoms with van der Waals surface area (Å²) in [6.07, 6.45) is 7.09. The van der Waals surface area contributed by atoms with E-state index in [0.29, 0.717) is 11.3 Å². The minimum atomic E-state index is 0.189. The van der Waals surface area contributed by atoms with Crippen LogP contribution in [0.5, 0.6) is 5.75 Å². The fourth-order valence-electron chi connectivity index (χ4n) is 1.25. The van der Waals surface area contributed by atoms with Crippen LogP contribution in [0.2, 0.25) is 0 Å². The number of aromatic hydroxyl groups is 1. The monoisotopic (exact) mass is 323 g/mol. The van der Waals surface area contributed by atoms with Crippen LogP contribution in [0.4, 0.5) is 5.69 Å². The third kappa shape index (κ3) is 6.08. The van der Waals surface area contributed by atoms with Crippen LogP contribution in [0.1, 0.15) is 5.56 Å². The maximum Gasteiger partial charge on any atom is 0.122 e. The van der Waals surface area contributed by atoms with E-state index in [-0.39, 0.29) is 5.75 Å². The Morgan fingerprint density at radius 2 is 2.00 bits per heavy atom. The Kier molecular flexibility index (Phi) is 8.33. The van der Waals surface area contributed by atoms with Gasteiger partial charge in [-0.1, -0.05) is 53.4 Å². The molecular weight excluding hydrogens is 306 g/mol. The smallest absolute Gasteiger partial charge is 0.122 e. The topological polar surface area (TPSA) is 66.5 Å². The summed E-state index contributed by atoms with van der Waals surface area (Å²) in [7, 11) is 1.00. The summed E-state index contributed by atoms with van der Waals surface area (Å²) in [5.74, 6) is 0.189. The van der Waals surface area contributed by atoms with E-state index in [2.05, 4.69) is 29.1 Å². The highest BCUT2D eigenvalue weighted by molar-refractivity contribution is 9.11. The van der Waals surface area contributed by atoms with Gasteiger partial charge in [-0.15, -0.1) is 0 Å². The highest BCUT2D eigenvalue weighted by Gasteiger charge is 1.98. The van der Waals surface area contributed by atoms with Crippen LogP contribution in [-0.4, -0.2) is 17.3 Å². The molecular formula is C15H18BrNO2. The van der Waals surface area contributed by atoms with Crippen molar-refractivity contribution in [2.75, 3.05) is 12.8 Å². The minimum Gasteiger partial charge on any atom is -0.507 e. The number of aliphatic hydroxyl groups is 1. The molecule has 0 amide bonds. The van der Waals surface area contributed by atoms with Crippen molar-refractivity contribution in [1.82, 2.24) is 0 Å². The average molecular weight is 324 g/mol. The molecule has 0 aliphatic carbocycles. The van der Waals surface area contributed by atoms with Crippen molar-refractivity contribution in [3.05, 3.63) is 65.2 Å². The number of phenolic OH excluding ortho intramolecular Hbond substituents is 1. The molecule has 19 heavy (non-hydrogen) atoms. The number of nitrogen functional groups attached to an aromatic ring is 1. The highest BCUT2D eigenvalue weighted by atomic mass is 79.9. The molecule has 0 aliphatic rings. The SMILES string of the molecule is C=C/C=C(/C=C/c1cc(N)ccc1O)C(=C)Br.CO. The first-order valence-electron chi connectivity index (χ1n) is 5.43. The van der Waals surface area contributed by atoms with E-state index in [1.165, 1.54) is 0 Å². The second kappa shape index (κ2) is 9.19. The normalized spacial score (nSPS) is 10.8. The summed E-state index contributed by atoms with van der Waals surface area (Å²) in [6, 6.07) is 4.92. The Hall–Kier alpha value is -1.78. The van der Waals surface area contributed by atoms with E-state index in [1.54, 1.807) is 30.4 Å². The summed E-state index contributed by atoms with van der Waals surface area (Å²) in [5, 5.41) is 16.6. The molecule has 0 bridgehead atoms. The predicted molar refractivity (Wildman–Crippen MR) is 86.0 cm³/mol. The van der Waals surface area contributed by atoms with E-state index in [1.807, 2.05) is 12.2 Å². The van der Waals surface area contributed by atoms with Crippen LogP contribution in [0.25, 0.3) is 6.08 Å². The van der Waals surface area contributed by atoms with Crippen LogP contribution < -0.4 is 5.73 Å². The lowest BCUT2D eigenvalue weighted by molar-refractivity contribution is 0.399. The van der Waals surface area contributed by atoms with Crippen LogP contribution in [0, 0.1) is 0 Å². The molecule has 0 saturated heterocycles. The number of phenols is 1. The van der Waals surface area contributed by atoms with Crippen molar-refractivity contribution in [3.63, 3.8) is 0 Å². The summed E-state index contributed by atoms with van der Waals surface area (Å²) in [5.41, 5.74) is 7.79. The lowest BCUT2D eigenvalue weighted by atomic mass is 10.1. The first-order chi connectivity index (χ1) is 9.04. The number of rotatable bonds is 4. The Balaban J connectivity index is 0.00000154. The van der Waals surface area contributed by atoms with Gasteiger partial charge in [0.2, 0.25) is 0 Å². The van der Waals surface area contributed by atoms with Crippen LogP contribution >= 0.6 is 15.9 Å². The molecule has 0 heterocycles. The van der Waals surface area contributed by atoms with Gasteiger partial charge in [0, 0.05) is 22.8 Å². The van der Waals surface area contributed by atoms with E-state index >= 15 is 0 Å². The number of nitrogens with two attached hydrogens (primary N) is 1. The van der Waals surface area contributed by atoms with Gasteiger partial charge in [0.25, 0.3) is 0 Å². The summed E-state index contributed by atoms with van der Waals surface area (Å²) in [4.78, 5) is 0. The fraction of sp³-hybridized carbons (Fsp3) is 0.0667. The van der Waals surface area contributed by atoms with Gasteiger partial charge in [-0.2, -0.15) is 0 Å². The number of anilines is 1. The van der Waals surface area contributed by atoms with Gasteiger partial charge in [-0.05, 0) is 23.8 Å². The minimum absolute atomic E-state index is 0.189. The maximum absolute atomic E-state index is 9.64. The number of benzene rings is 1. The first-order valence-corrected chi connectivity index (χ1v) is 6.22. The molecule has 0 spiro atoms. The molecule has 4 heteroatoms. The Morgan fingerprint density at radius 3 is 2.53 bits per heavy atom. The van der Waals surface area contributed by atoms with Gasteiger partial charge in [0.15, 0.2) is 0 Å². The zero-order valence-electron chi connectivity index (χ0n) is 10.8. The standard InChI is InChI=1S/C14H14BrNO.CH4O/c1-3-4-11(10(2)15)5-6-12-9-13(16)7-8-14(12)17;1-2/h3-9,17H,1-2,16H2;2H,1H3/b6-5+,11-4-;. The molecule has 0 fully saturated rings. The first kappa shape index (κ1) is 17.2. The van der Waals surface area contributed by atoms with E-state index in [0.717, 1.165) is 17.2 Å². The maximum atomic E-state index is 9.64. The van der Waals surface area contributed by atoms with Crippen molar-refractivity contribution >= 4 is 27.7 Å². The lowest BCUT2D eigenvalue weighted by Gasteiger charge is -2.01. The Morgan fingerprint density at radius 1 is 1.37 bits per heavy atom. The molecule has 0 atom stereocenters. The van der Waals surface area contributed by atoms with E-state index in [9.17, 15) is 5.11 Å².